The molecule has 29 heavy (non-hydrogen) atoms. The molecule has 1 spiro atoms. The van der Waals surface area contributed by atoms with Crippen molar-refractivity contribution < 1.29 is 9.15 Å². The molecule has 0 bridgehead atoms. The van der Waals surface area contributed by atoms with Crippen molar-refractivity contribution in [1.29, 1.82) is 0 Å². The zero-order chi connectivity index (χ0) is 19.9. The smallest absolute Gasteiger partial charge is 0.191 e. The summed E-state index contributed by atoms with van der Waals surface area (Å²) in [6.45, 7) is 3.69. The number of benzene rings is 1. The summed E-state index contributed by atoms with van der Waals surface area (Å²) in [7, 11) is 0. The molecule has 2 aliphatic heterocycles. The average molecular weight is 414 g/mol. The Bertz CT molecular complexity index is 773. The Morgan fingerprint density at radius 3 is 2.93 bits per heavy atom. The van der Waals surface area contributed by atoms with Crippen molar-refractivity contribution in [3.05, 3.63) is 60.1 Å². The van der Waals surface area contributed by atoms with Gasteiger partial charge in [0.1, 0.15) is 5.76 Å². The number of thioether (sulfide) groups is 1. The standard InChI is InChI=1S/C23H31N3O2S/c1-18(19-6-3-2-4-7-19)25-22(24-12-9-21-8-5-13-27-21)26-20-10-14-28-23(16-20)11-15-29-17-23/h2-8,13,18,20H,9-12,14-17H2,1H3,(H2,24,25,26). The van der Waals surface area contributed by atoms with E-state index in [0.29, 0.717) is 12.6 Å². The minimum Gasteiger partial charge on any atom is -0.469 e. The zero-order valence-corrected chi connectivity index (χ0v) is 17.9. The summed E-state index contributed by atoms with van der Waals surface area (Å²) >= 11 is 2.01. The van der Waals surface area contributed by atoms with E-state index in [1.807, 2.05) is 30.0 Å². The number of rotatable bonds is 6. The highest BCUT2D eigenvalue weighted by molar-refractivity contribution is 7.99. The van der Waals surface area contributed by atoms with Crippen LogP contribution in [0.15, 0.2) is 58.1 Å². The van der Waals surface area contributed by atoms with E-state index in [2.05, 4.69) is 41.8 Å². The number of hydrogen-bond donors (Lipinski definition) is 2. The minimum absolute atomic E-state index is 0.0604. The van der Waals surface area contributed by atoms with Crippen LogP contribution in [0.2, 0.25) is 0 Å². The number of hydrogen-bond acceptors (Lipinski definition) is 4. The highest BCUT2D eigenvalue weighted by Crippen LogP contribution is 2.38. The Hall–Kier alpha value is -1.92. The monoisotopic (exact) mass is 413 g/mol. The third-order valence-electron chi connectivity index (χ3n) is 5.76. The van der Waals surface area contributed by atoms with E-state index in [9.17, 15) is 0 Å². The average Bonchev–Trinajstić information content (AvgIpc) is 3.41. The molecule has 2 N–H and O–H groups in total. The summed E-state index contributed by atoms with van der Waals surface area (Å²) in [5.41, 5.74) is 1.31. The number of ether oxygens (including phenoxy) is 1. The first kappa shape index (κ1) is 20.4. The number of furan rings is 1. The molecule has 5 nitrogen and oxygen atoms in total. The Balaban J connectivity index is 1.42. The van der Waals surface area contributed by atoms with Crippen molar-refractivity contribution in [3.63, 3.8) is 0 Å². The van der Waals surface area contributed by atoms with Crippen LogP contribution in [-0.4, -0.2) is 42.3 Å². The van der Waals surface area contributed by atoms with Gasteiger partial charge >= 0.3 is 0 Å². The molecule has 0 amide bonds. The van der Waals surface area contributed by atoms with Crippen molar-refractivity contribution in [2.45, 2.75) is 50.3 Å². The summed E-state index contributed by atoms with van der Waals surface area (Å²) in [6.07, 6.45) is 5.75. The van der Waals surface area contributed by atoms with E-state index >= 15 is 0 Å². The molecule has 1 aromatic heterocycles. The van der Waals surface area contributed by atoms with Gasteiger partial charge in [0.25, 0.3) is 0 Å². The first-order valence-electron chi connectivity index (χ1n) is 10.6. The molecular formula is C23H31N3O2S. The van der Waals surface area contributed by atoms with Crippen LogP contribution in [0.5, 0.6) is 0 Å². The van der Waals surface area contributed by atoms with Crippen LogP contribution in [-0.2, 0) is 11.2 Å². The number of nitrogens with zero attached hydrogens (tertiary/aromatic N) is 1. The molecule has 2 aromatic rings. The number of nitrogens with one attached hydrogen (secondary N) is 2. The van der Waals surface area contributed by atoms with Gasteiger partial charge in [-0.3, -0.25) is 4.99 Å². The predicted octanol–water partition coefficient (Wildman–Crippen LogP) is 4.17. The van der Waals surface area contributed by atoms with Crippen LogP contribution in [0.25, 0.3) is 0 Å². The van der Waals surface area contributed by atoms with Gasteiger partial charge in [0.2, 0.25) is 0 Å². The molecule has 2 saturated heterocycles. The second-order valence-electron chi connectivity index (χ2n) is 8.00. The van der Waals surface area contributed by atoms with Crippen molar-refractivity contribution in [1.82, 2.24) is 10.6 Å². The van der Waals surface area contributed by atoms with Crippen molar-refractivity contribution >= 4 is 17.7 Å². The summed E-state index contributed by atoms with van der Waals surface area (Å²) in [6, 6.07) is 15.0. The third-order valence-corrected chi connectivity index (χ3v) is 6.98. The van der Waals surface area contributed by atoms with Gasteiger partial charge in [-0.2, -0.15) is 11.8 Å². The van der Waals surface area contributed by atoms with Crippen LogP contribution in [0.1, 0.15) is 43.6 Å². The fraction of sp³-hybridized carbons (Fsp3) is 0.522. The van der Waals surface area contributed by atoms with Gasteiger partial charge in [-0.25, -0.2) is 0 Å². The second kappa shape index (κ2) is 9.72. The van der Waals surface area contributed by atoms with Crippen molar-refractivity contribution in [3.8, 4) is 0 Å². The molecule has 3 unspecified atom stereocenters. The molecule has 3 heterocycles. The lowest BCUT2D eigenvalue weighted by Gasteiger charge is -2.38. The Morgan fingerprint density at radius 2 is 2.17 bits per heavy atom. The first-order chi connectivity index (χ1) is 14.2. The van der Waals surface area contributed by atoms with Gasteiger partial charge in [0.15, 0.2) is 5.96 Å². The highest BCUT2D eigenvalue weighted by Gasteiger charge is 2.40. The maximum atomic E-state index is 6.19. The largest absolute Gasteiger partial charge is 0.469 e. The molecule has 6 heteroatoms. The van der Waals surface area contributed by atoms with Gasteiger partial charge in [-0.1, -0.05) is 30.3 Å². The molecule has 0 radical (unpaired) electrons. The molecule has 0 saturated carbocycles. The fourth-order valence-corrected chi connectivity index (χ4v) is 5.48. The number of guanidine groups is 1. The summed E-state index contributed by atoms with van der Waals surface area (Å²) in [5, 5.41) is 7.31. The van der Waals surface area contributed by atoms with Gasteiger partial charge in [0.05, 0.1) is 17.9 Å². The van der Waals surface area contributed by atoms with E-state index in [1.54, 1.807) is 6.26 Å². The Morgan fingerprint density at radius 1 is 1.28 bits per heavy atom. The van der Waals surface area contributed by atoms with Crippen LogP contribution in [0, 0.1) is 0 Å². The SMILES string of the molecule is CC(NC(=NCCc1ccco1)NC1CCOC2(CCSC2)C1)c1ccccc1. The molecule has 156 valence electrons. The van der Waals surface area contributed by atoms with Gasteiger partial charge in [-0.05, 0) is 49.6 Å². The quantitative estimate of drug-likeness (QED) is 0.550. The van der Waals surface area contributed by atoms with Gasteiger partial charge < -0.3 is 19.8 Å². The lowest BCUT2D eigenvalue weighted by molar-refractivity contribution is -0.0679. The maximum absolute atomic E-state index is 6.19. The van der Waals surface area contributed by atoms with Crippen molar-refractivity contribution in [2.24, 2.45) is 4.99 Å². The molecule has 2 aliphatic rings. The lowest BCUT2D eigenvalue weighted by atomic mass is 9.90. The maximum Gasteiger partial charge on any atom is 0.191 e. The van der Waals surface area contributed by atoms with E-state index < -0.39 is 0 Å². The van der Waals surface area contributed by atoms with Crippen LogP contribution in [0.3, 0.4) is 0 Å². The summed E-state index contributed by atoms with van der Waals surface area (Å²) in [5.74, 6) is 4.17. The van der Waals surface area contributed by atoms with E-state index in [-0.39, 0.29) is 11.6 Å². The predicted molar refractivity (Wildman–Crippen MR) is 119 cm³/mol. The van der Waals surface area contributed by atoms with Crippen LogP contribution >= 0.6 is 11.8 Å². The van der Waals surface area contributed by atoms with E-state index in [1.165, 1.54) is 11.3 Å². The van der Waals surface area contributed by atoms with E-state index in [0.717, 1.165) is 49.8 Å². The normalized spacial score (nSPS) is 25.8. The third kappa shape index (κ3) is 5.58. The molecular weight excluding hydrogens is 382 g/mol. The lowest BCUT2D eigenvalue weighted by Crippen LogP contribution is -2.52. The molecule has 3 atom stereocenters. The second-order valence-corrected chi connectivity index (χ2v) is 9.11. The zero-order valence-electron chi connectivity index (χ0n) is 17.1. The van der Waals surface area contributed by atoms with Crippen LogP contribution < -0.4 is 10.6 Å². The number of aliphatic imine (C=N–C) groups is 1. The van der Waals surface area contributed by atoms with Gasteiger partial charge in [-0.15, -0.1) is 0 Å². The Labute approximate surface area is 177 Å². The molecule has 0 aliphatic carbocycles. The summed E-state index contributed by atoms with van der Waals surface area (Å²) in [4.78, 5) is 4.86. The first-order valence-corrected chi connectivity index (χ1v) is 11.7. The minimum atomic E-state index is 0.0604. The molecule has 2 fully saturated rings. The summed E-state index contributed by atoms with van der Waals surface area (Å²) < 4.78 is 11.6. The highest BCUT2D eigenvalue weighted by atomic mass is 32.2. The van der Waals surface area contributed by atoms with Gasteiger partial charge in [0, 0.05) is 31.4 Å². The Kier molecular flexibility index (Phi) is 6.82. The fourth-order valence-electron chi connectivity index (χ4n) is 4.10. The van der Waals surface area contributed by atoms with Crippen molar-refractivity contribution in [2.75, 3.05) is 24.7 Å². The van der Waals surface area contributed by atoms with E-state index in [4.69, 9.17) is 14.1 Å². The topological polar surface area (TPSA) is 58.8 Å². The molecule has 4 rings (SSSR count). The molecule has 1 aromatic carbocycles. The van der Waals surface area contributed by atoms with Crippen LogP contribution in [0.4, 0.5) is 0 Å².